The van der Waals surface area contributed by atoms with Crippen molar-refractivity contribution < 1.29 is 18.7 Å². The smallest absolute Gasteiger partial charge is 0.409 e. The predicted molar refractivity (Wildman–Crippen MR) is 113 cm³/mol. The van der Waals surface area contributed by atoms with E-state index in [1.165, 1.54) is 12.1 Å². The van der Waals surface area contributed by atoms with Crippen LogP contribution in [0, 0.1) is 12.7 Å². The minimum absolute atomic E-state index is 0.0591. The van der Waals surface area contributed by atoms with Gasteiger partial charge in [-0.25, -0.2) is 18.9 Å². The molecule has 3 aromatic rings. The quantitative estimate of drug-likeness (QED) is 0.642. The summed E-state index contributed by atoms with van der Waals surface area (Å²) >= 11 is 0. The Morgan fingerprint density at radius 1 is 1.06 bits per heavy atom. The Morgan fingerprint density at radius 2 is 1.74 bits per heavy atom. The highest BCUT2D eigenvalue weighted by Crippen LogP contribution is 2.30. The Morgan fingerprint density at radius 3 is 2.42 bits per heavy atom. The number of hydrogen-bond donors (Lipinski definition) is 0. The zero-order valence-corrected chi connectivity index (χ0v) is 17.5. The molecular weight excluding hydrogens is 401 g/mol. The van der Waals surface area contributed by atoms with Gasteiger partial charge in [0.05, 0.1) is 12.3 Å². The molecule has 0 N–H and O–H groups in total. The highest BCUT2D eigenvalue weighted by molar-refractivity contribution is 5.95. The second-order valence-electron chi connectivity index (χ2n) is 7.37. The Hall–Kier alpha value is -3.49. The molecule has 0 saturated carbocycles. The third-order valence-electron chi connectivity index (χ3n) is 5.41. The number of pyridine rings is 1. The number of piperazine rings is 1. The van der Waals surface area contributed by atoms with Crippen molar-refractivity contribution >= 4 is 23.0 Å². The molecule has 9 heteroatoms. The van der Waals surface area contributed by atoms with Crippen LogP contribution >= 0.6 is 0 Å². The summed E-state index contributed by atoms with van der Waals surface area (Å²) in [6, 6.07) is 8.14. The maximum absolute atomic E-state index is 13.3. The summed E-state index contributed by atoms with van der Waals surface area (Å²) in [6.07, 6.45) is 1.32. The first-order chi connectivity index (χ1) is 15.0. The highest BCUT2D eigenvalue weighted by Gasteiger charge is 2.26. The third-order valence-corrected chi connectivity index (χ3v) is 5.41. The predicted octanol–water partition coefficient (Wildman–Crippen LogP) is 2.85. The van der Waals surface area contributed by atoms with Gasteiger partial charge in [-0.1, -0.05) is 12.1 Å². The molecule has 1 aliphatic heterocycles. The molecule has 2 aromatic heterocycles. The van der Waals surface area contributed by atoms with Crippen LogP contribution in [0.1, 0.15) is 12.6 Å². The SMILES string of the molecule is CCOC(=O)N1CCN(C(=O)Cn2nc(C)c3c(-c4ccc(F)cc4)ccnc32)CC1. The average Bonchev–Trinajstić information content (AvgIpc) is 3.10. The van der Waals surface area contributed by atoms with Gasteiger partial charge in [0, 0.05) is 37.8 Å². The third kappa shape index (κ3) is 4.21. The number of fused-ring (bicyclic) bond motifs is 1. The second-order valence-corrected chi connectivity index (χ2v) is 7.37. The van der Waals surface area contributed by atoms with Crippen molar-refractivity contribution in [3.8, 4) is 11.1 Å². The van der Waals surface area contributed by atoms with Crippen molar-refractivity contribution in [2.45, 2.75) is 20.4 Å². The molecule has 8 nitrogen and oxygen atoms in total. The van der Waals surface area contributed by atoms with Gasteiger partial charge in [-0.15, -0.1) is 0 Å². The summed E-state index contributed by atoms with van der Waals surface area (Å²) in [6.45, 7) is 5.81. The van der Waals surface area contributed by atoms with E-state index in [-0.39, 0.29) is 24.4 Å². The molecule has 0 bridgehead atoms. The van der Waals surface area contributed by atoms with Gasteiger partial charge in [-0.05, 0) is 43.2 Å². The first-order valence-corrected chi connectivity index (χ1v) is 10.3. The van der Waals surface area contributed by atoms with Crippen molar-refractivity contribution in [2.75, 3.05) is 32.8 Å². The molecule has 1 fully saturated rings. The number of carbonyl (C=O) groups is 2. The van der Waals surface area contributed by atoms with Crippen LogP contribution in [0.15, 0.2) is 36.5 Å². The van der Waals surface area contributed by atoms with E-state index in [1.807, 2.05) is 13.0 Å². The van der Waals surface area contributed by atoms with E-state index in [2.05, 4.69) is 10.1 Å². The van der Waals surface area contributed by atoms with Crippen LogP contribution in [-0.2, 0) is 16.1 Å². The molecule has 2 amide bonds. The van der Waals surface area contributed by atoms with Crippen LogP contribution in [0.25, 0.3) is 22.2 Å². The number of benzene rings is 1. The zero-order valence-electron chi connectivity index (χ0n) is 17.5. The molecule has 0 radical (unpaired) electrons. The topological polar surface area (TPSA) is 80.6 Å². The molecule has 31 heavy (non-hydrogen) atoms. The van der Waals surface area contributed by atoms with E-state index < -0.39 is 0 Å². The number of nitrogens with zero attached hydrogens (tertiary/aromatic N) is 5. The van der Waals surface area contributed by atoms with Crippen LogP contribution < -0.4 is 0 Å². The fourth-order valence-electron chi connectivity index (χ4n) is 3.84. The summed E-state index contributed by atoms with van der Waals surface area (Å²) in [5.74, 6) is -0.378. The normalized spacial score (nSPS) is 14.2. The molecule has 1 aliphatic rings. The number of carbonyl (C=O) groups excluding carboxylic acids is 2. The molecule has 0 spiro atoms. The van der Waals surface area contributed by atoms with Crippen molar-refractivity contribution in [3.05, 3.63) is 48.0 Å². The van der Waals surface area contributed by atoms with Crippen LogP contribution in [0.4, 0.5) is 9.18 Å². The molecule has 0 aliphatic carbocycles. The minimum Gasteiger partial charge on any atom is -0.450 e. The summed E-state index contributed by atoms with van der Waals surface area (Å²) in [4.78, 5) is 32.5. The van der Waals surface area contributed by atoms with Crippen LogP contribution in [0.5, 0.6) is 0 Å². The standard InChI is InChI=1S/C22H24FN5O3/c1-3-31-22(30)27-12-10-26(11-13-27)19(29)14-28-21-20(15(2)25-28)18(8-9-24-21)16-4-6-17(23)7-5-16/h4-9H,3,10-14H2,1-2H3. The Labute approximate surface area is 179 Å². The first-order valence-electron chi connectivity index (χ1n) is 10.3. The number of ether oxygens (including phenoxy) is 1. The number of hydrogen-bond acceptors (Lipinski definition) is 5. The Bertz CT molecular complexity index is 1100. The number of amides is 2. The number of aromatic nitrogens is 3. The van der Waals surface area contributed by atoms with Crippen LogP contribution in [0.2, 0.25) is 0 Å². The molecule has 3 heterocycles. The molecule has 0 unspecified atom stereocenters. The lowest BCUT2D eigenvalue weighted by atomic mass is 10.0. The van der Waals surface area contributed by atoms with Gasteiger partial charge in [0.25, 0.3) is 0 Å². The molecule has 0 atom stereocenters. The largest absolute Gasteiger partial charge is 0.450 e. The Kier molecular flexibility index (Phi) is 5.83. The molecule has 162 valence electrons. The van der Waals surface area contributed by atoms with Crippen LogP contribution in [0.3, 0.4) is 0 Å². The van der Waals surface area contributed by atoms with Crippen LogP contribution in [-0.4, -0.2) is 69.4 Å². The fraction of sp³-hybridized carbons (Fsp3) is 0.364. The van der Waals surface area contributed by atoms with Crippen molar-refractivity contribution in [2.24, 2.45) is 0 Å². The minimum atomic E-state index is -0.346. The number of aryl methyl sites for hydroxylation is 1. The van der Waals surface area contributed by atoms with Gasteiger partial charge < -0.3 is 14.5 Å². The lowest BCUT2D eigenvalue weighted by Crippen LogP contribution is -2.51. The maximum Gasteiger partial charge on any atom is 0.409 e. The fourth-order valence-corrected chi connectivity index (χ4v) is 3.84. The second kappa shape index (κ2) is 8.71. The average molecular weight is 425 g/mol. The molecule has 1 aromatic carbocycles. The first kappa shape index (κ1) is 20.8. The van der Waals surface area contributed by atoms with E-state index >= 15 is 0 Å². The van der Waals surface area contributed by atoms with Gasteiger partial charge >= 0.3 is 6.09 Å². The van der Waals surface area contributed by atoms with E-state index in [0.717, 1.165) is 22.2 Å². The maximum atomic E-state index is 13.3. The summed E-state index contributed by atoms with van der Waals surface area (Å²) in [5, 5.41) is 5.39. The summed E-state index contributed by atoms with van der Waals surface area (Å²) < 4.78 is 20.0. The Balaban J connectivity index is 1.52. The lowest BCUT2D eigenvalue weighted by molar-refractivity contribution is -0.133. The summed E-state index contributed by atoms with van der Waals surface area (Å²) in [5.41, 5.74) is 3.11. The van der Waals surface area contributed by atoms with Crippen molar-refractivity contribution in [1.29, 1.82) is 0 Å². The lowest BCUT2D eigenvalue weighted by Gasteiger charge is -2.34. The van der Waals surface area contributed by atoms with E-state index in [4.69, 9.17) is 4.74 Å². The van der Waals surface area contributed by atoms with Crippen molar-refractivity contribution in [3.63, 3.8) is 0 Å². The monoisotopic (exact) mass is 425 g/mol. The van der Waals surface area contributed by atoms with Gasteiger partial charge in [-0.2, -0.15) is 5.10 Å². The summed E-state index contributed by atoms with van der Waals surface area (Å²) in [7, 11) is 0. The van der Waals surface area contributed by atoms with E-state index in [1.54, 1.807) is 39.7 Å². The highest BCUT2D eigenvalue weighted by atomic mass is 19.1. The molecular formula is C22H24FN5O3. The molecule has 1 saturated heterocycles. The van der Waals surface area contributed by atoms with Gasteiger partial charge in [0.2, 0.25) is 5.91 Å². The molecule has 4 rings (SSSR count). The van der Waals surface area contributed by atoms with Crippen molar-refractivity contribution in [1.82, 2.24) is 24.6 Å². The van der Waals surface area contributed by atoms with Gasteiger partial charge in [0.1, 0.15) is 12.4 Å². The van der Waals surface area contributed by atoms with E-state index in [0.29, 0.717) is 38.4 Å². The number of halogens is 1. The zero-order chi connectivity index (χ0) is 22.0. The van der Waals surface area contributed by atoms with Gasteiger partial charge in [0.15, 0.2) is 5.65 Å². The number of rotatable bonds is 4. The van der Waals surface area contributed by atoms with Gasteiger partial charge in [-0.3, -0.25) is 4.79 Å². The van der Waals surface area contributed by atoms with E-state index in [9.17, 15) is 14.0 Å².